The topological polar surface area (TPSA) is 61.1 Å². The molecule has 0 saturated carbocycles. The molecule has 13 heavy (non-hydrogen) atoms. The number of aryl methyl sites for hydroxylation is 1. The third-order valence-electron chi connectivity index (χ3n) is 1.67. The highest BCUT2D eigenvalue weighted by Crippen LogP contribution is 2.10. The van der Waals surface area contributed by atoms with E-state index >= 15 is 0 Å². The zero-order valence-corrected chi connectivity index (χ0v) is 7.24. The van der Waals surface area contributed by atoms with Gasteiger partial charge in [0, 0.05) is 0 Å². The van der Waals surface area contributed by atoms with Gasteiger partial charge < -0.3 is 5.11 Å². The lowest BCUT2D eigenvalue weighted by Crippen LogP contribution is -1.98. The number of carboxylic acid groups (broad SMARTS) is 1. The Kier molecular flexibility index (Phi) is 2.65. The molecule has 0 spiro atoms. The third kappa shape index (κ3) is 2.31. The highest BCUT2D eigenvalue weighted by Gasteiger charge is 2.04. The van der Waals surface area contributed by atoms with Gasteiger partial charge in [0.05, 0.1) is 18.1 Å². The molecule has 0 aliphatic carbocycles. The minimum Gasteiger partial charge on any atom is -0.478 e. The molecule has 1 aromatic carbocycles. The second kappa shape index (κ2) is 3.72. The number of carboxylic acids is 1. The van der Waals surface area contributed by atoms with Crippen molar-refractivity contribution in [3.05, 3.63) is 34.9 Å². The van der Waals surface area contributed by atoms with Gasteiger partial charge >= 0.3 is 5.97 Å². The van der Waals surface area contributed by atoms with Crippen LogP contribution in [0.1, 0.15) is 21.5 Å². The predicted octanol–water partition coefficient (Wildman–Crippen LogP) is 1.76. The highest BCUT2D eigenvalue weighted by molar-refractivity contribution is 5.88. The summed E-state index contributed by atoms with van der Waals surface area (Å²) in [6.45, 7) is 1.81. The molecule has 0 atom stereocenters. The van der Waals surface area contributed by atoms with Crippen LogP contribution in [-0.2, 0) is 6.42 Å². The average molecular weight is 175 g/mol. The van der Waals surface area contributed by atoms with Crippen LogP contribution in [0, 0.1) is 18.3 Å². The van der Waals surface area contributed by atoms with E-state index in [0.717, 1.165) is 11.1 Å². The molecule has 0 bridgehead atoms. The van der Waals surface area contributed by atoms with Crippen molar-refractivity contribution >= 4 is 5.97 Å². The first-order valence-electron chi connectivity index (χ1n) is 3.84. The van der Waals surface area contributed by atoms with E-state index in [-0.39, 0.29) is 12.0 Å². The van der Waals surface area contributed by atoms with Gasteiger partial charge in [-0.2, -0.15) is 5.26 Å². The fourth-order valence-corrected chi connectivity index (χ4v) is 1.18. The third-order valence-corrected chi connectivity index (χ3v) is 1.67. The second-order valence-corrected chi connectivity index (χ2v) is 2.85. The summed E-state index contributed by atoms with van der Waals surface area (Å²) >= 11 is 0. The quantitative estimate of drug-likeness (QED) is 0.744. The van der Waals surface area contributed by atoms with Crippen molar-refractivity contribution in [3.8, 4) is 6.07 Å². The van der Waals surface area contributed by atoms with Gasteiger partial charge in [-0.25, -0.2) is 4.79 Å². The van der Waals surface area contributed by atoms with Crippen LogP contribution in [0.2, 0.25) is 0 Å². The summed E-state index contributed by atoms with van der Waals surface area (Å²) < 4.78 is 0. The van der Waals surface area contributed by atoms with Crippen molar-refractivity contribution in [1.29, 1.82) is 5.26 Å². The molecule has 1 N–H and O–H groups in total. The van der Waals surface area contributed by atoms with E-state index < -0.39 is 5.97 Å². The molecule has 0 heterocycles. The number of rotatable bonds is 2. The number of aromatic carboxylic acids is 1. The normalized spacial score (nSPS) is 9.23. The zero-order chi connectivity index (χ0) is 9.84. The van der Waals surface area contributed by atoms with Gasteiger partial charge in [0.1, 0.15) is 0 Å². The molecule has 3 heteroatoms. The Morgan fingerprint density at radius 3 is 2.77 bits per heavy atom. The molecule has 0 aliphatic rings. The number of nitrogens with zero attached hydrogens (tertiary/aromatic N) is 1. The van der Waals surface area contributed by atoms with Crippen LogP contribution < -0.4 is 0 Å². The molecule has 0 radical (unpaired) electrons. The Balaban J connectivity index is 3.12. The Bertz CT molecular complexity index is 377. The standard InChI is InChI=1S/C10H9NO2/c1-7-4-8(2-3-11)6-9(5-7)10(12)13/h4-6H,2H2,1H3,(H,12,13). The zero-order valence-electron chi connectivity index (χ0n) is 7.24. The lowest BCUT2D eigenvalue weighted by atomic mass is 10.0. The van der Waals surface area contributed by atoms with E-state index in [4.69, 9.17) is 10.4 Å². The molecule has 0 fully saturated rings. The van der Waals surface area contributed by atoms with Crippen molar-refractivity contribution in [2.75, 3.05) is 0 Å². The van der Waals surface area contributed by atoms with E-state index in [1.807, 2.05) is 19.1 Å². The van der Waals surface area contributed by atoms with E-state index in [2.05, 4.69) is 0 Å². The van der Waals surface area contributed by atoms with Crippen molar-refractivity contribution in [2.45, 2.75) is 13.3 Å². The summed E-state index contributed by atoms with van der Waals surface area (Å²) in [5.41, 5.74) is 1.86. The highest BCUT2D eigenvalue weighted by atomic mass is 16.4. The van der Waals surface area contributed by atoms with Crippen molar-refractivity contribution < 1.29 is 9.90 Å². The fourth-order valence-electron chi connectivity index (χ4n) is 1.18. The van der Waals surface area contributed by atoms with Gasteiger partial charge in [-0.1, -0.05) is 6.07 Å². The van der Waals surface area contributed by atoms with Gasteiger partial charge in [-0.3, -0.25) is 0 Å². The van der Waals surface area contributed by atoms with Crippen LogP contribution in [0.4, 0.5) is 0 Å². The lowest BCUT2D eigenvalue weighted by molar-refractivity contribution is 0.0696. The van der Waals surface area contributed by atoms with Gasteiger partial charge in [-0.05, 0) is 30.2 Å². The predicted molar refractivity (Wildman–Crippen MR) is 47.5 cm³/mol. The minimum atomic E-state index is -0.956. The first-order valence-corrected chi connectivity index (χ1v) is 3.84. The molecule has 1 rings (SSSR count). The maximum atomic E-state index is 10.6. The van der Waals surface area contributed by atoms with Crippen molar-refractivity contribution in [1.82, 2.24) is 0 Å². The summed E-state index contributed by atoms with van der Waals surface area (Å²) in [6.07, 6.45) is 0.252. The SMILES string of the molecule is Cc1cc(CC#N)cc(C(=O)O)c1. The average Bonchev–Trinajstić information content (AvgIpc) is 2.03. The summed E-state index contributed by atoms with van der Waals surface area (Å²) in [5, 5.41) is 17.2. The van der Waals surface area contributed by atoms with E-state index in [0.29, 0.717) is 0 Å². The molecule has 0 aromatic heterocycles. The number of hydrogen-bond acceptors (Lipinski definition) is 2. The molecule has 1 aromatic rings. The Hall–Kier alpha value is -1.82. The summed E-state index contributed by atoms with van der Waals surface area (Å²) in [5.74, 6) is -0.956. The molecule has 3 nitrogen and oxygen atoms in total. The van der Waals surface area contributed by atoms with Gasteiger partial charge in [0.15, 0.2) is 0 Å². The monoisotopic (exact) mass is 175 g/mol. The van der Waals surface area contributed by atoms with Crippen LogP contribution in [0.25, 0.3) is 0 Å². The smallest absolute Gasteiger partial charge is 0.335 e. The Morgan fingerprint density at radius 2 is 2.23 bits per heavy atom. The molecule has 0 unspecified atom stereocenters. The van der Waals surface area contributed by atoms with E-state index in [9.17, 15) is 4.79 Å². The summed E-state index contributed by atoms with van der Waals surface area (Å²) in [7, 11) is 0. The van der Waals surface area contributed by atoms with Crippen LogP contribution in [0.3, 0.4) is 0 Å². The number of hydrogen-bond donors (Lipinski definition) is 1. The number of nitriles is 1. The first kappa shape index (κ1) is 9.27. The number of carbonyl (C=O) groups is 1. The molecule has 0 amide bonds. The molecular weight excluding hydrogens is 166 g/mol. The largest absolute Gasteiger partial charge is 0.478 e. The van der Waals surface area contributed by atoms with Gasteiger partial charge in [0.2, 0.25) is 0 Å². The van der Waals surface area contributed by atoms with Crippen LogP contribution in [-0.4, -0.2) is 11.1 Å². The molecule has 66 valence electrons. The fraction of sp³-hybridized carbons (Fsp3) is 0.200. The van der Waals surface area contributed by atoms with Crippen LogP contribution in [0.5, 0.6) is 0 Å². The van der Waals surface area contributed by atoms with Crippen molar-refractivity contribution in [2.24, 2.45) is 0 Å². The van der Waals surface area contributed by atoms with Crippen molar-refractivity contribution in [3.63, 3.8) is 0 Å². The van der Waals surface area contributed by atoms with Gasteiger partial charge in [-0.15, -0.1) is 0 Å². The minimum absolute atomic E-state index is 0.241. The second-order valence-electron chi connectivity index (χ2n) is 2.85. The maximum absolute atomic E-state index is 10.6. The summed E-state index contributed by atoms with van der Waals surface area (Å²) in [6, 6.07) is 6.91. The first-order chi connectivity index (χ1) is 6.13. The molecule has 0 saturated heterocycles. The lowest BCUT2D eigenvalue weighted by Gasteiger charge is -2.00. The Morgan fingerprint density at radius 1 is 1.54 bits per heavy atom. The Labute approximate surface area is 76.2 Å². The maximum Gasteiger partial charge on any atom is 0.335 e. The number of benzene rings is 1. The summed E-state index contributed by atoms with van der Waals surface area (Å²) in [4.78, 5) is 10.6. The van der Waals surface area contributed by atoms with E-state index in [1.54, 1.807) is 6.07 Å². The molecular formula is C10H9NO2. The van der Waals surface area contributed by atoms with Crippen LogP contribution >= 0.6 is 0 Å². The van der Waals surface area contributed by atoms with E-state index in [1.165, 1.54) is 6.07 Å². The molecule has 0 aliphatic heterocycles. The van der Waals surface area contributed by atoms with Crippen LogP contribution in [0.15, 0.2) is 18.2 Å². The van der Waals surface area contributed by atoms with Gasteiger partial charge in [0.25, 0.3) is 0 Å².